The third-order valence-electron chi connectivity index (χ3n) is 3.11. The van der Waals surface area contributed by atoms with Crippen molar-refractivity contribution in [2.45, 2.75) is 13.8 Å². The lowest BCUT2D eigenvalue weighted by atomic mass is 10.2. The van der Waals surface area contributed by atoms with Gasteiger partial charge < -0.3 is 5.32 Å². The number of carbonyl (C=O) groups is 1. The molecule has 0 saturated carbocycles. The molecule has 1 aromatic carbocycles. The number of hydrogen-bond donors (Lipinski definition) is 1. The lowest BCUT2D eigenvalue weighted by Gasteiger charge is -2.06. The van der Waals surface area contributed by atoms with Gasteiger partial charge in [-0.2, -0.15) is 0 Å². The molecule has 2 aromatic heterocycles. The van der Waals surface area contributed by atoms with Crippen LogP contribution in [0.4, 0.5) is 5.69 Å². The summed E-state index contributed by atoms with van der Waals surface area (Å²) in [5.41, 5.74) is 2.27. The van der Waals surface area contributed by atoms with Gasteiger partial charge in [0.1, 0.15) is 4.88 Å². The maximum atomic E-state index is 12.3. The normalized spacial score (nSPS) is 10.7. The molecule has 0 unspecified atom stereocenters. The maximum Gasteiger partial charge on any atom is 0.267 e. The van der Waals surface area contributed by atoms with Crippen LogP contribution in [0.5, 0.6) is 0 Å². The molecule has 2 heterocycles. The van der Waals surface area contributed by atoms with Crippen LogP contribution in [0.25, 0.3) is 11.4 Å². The van der Waals surface area contributed by atoms with Crippen LogP contribution in [0.2, 0.25) is 0 Å². The van der Waals surface area contributed by atoms with Crippen LogP contribution in [0.1, 0.15) is 20.4 Å². The number of thiazole rings is 1. The first-order valence-electron chi connectivity index (χ1n) is 6.63. The molecule has 3 aromatic rings. The topological polar surface area (TPSA) is 85.6 Å². The SMILES string of the molecule is Cc1nc(C)c(C(=O)Nc2cccc(-c3nnnn3C)c2)s1. The van der Waals surface area contributed by atoms with E-state index in [1.807, 2.05) is 38.1 Å². The highest BCUT2D eigenvalue weighted by atomic mass is 32.1. The molecule has 0 aliphatic carbocycles. The molecule has 0 atom stereocenters. The van der Waals surface area contributed by atoms with Gasteiger partial charge in [0.15, 0.2) is 5.82 Å². The Morgan fingerprint density at radius 2 is 2.14 bits per heavy atom. The van der Waals surface area contributed by atoms with E-state index in [-0.39, 0.29) is 5.91 Å². The lowest BCUT2D eigenvalue weighted by Crippen LogP contribution is -2.11. The first-order chi connectivity index (χ1) is 10.5. The van der Waals surface area contributed by atoms with Gasteiger partial charge >= 0.3 is 0 Å². The van der Waals surface area contributed by atoms with Crippen LogP contribution in [0, 0.1) is 13.8 Å². The van der Waals surface area contributed by atoms with Crippen molar-refractivity contribution < 1.29 is 4.79 Å². The second-order valence-corrected chi connectivity index (χ2v) is 6.01. The van der Waals surface area contributed by atoms with Crippen molar-refractivity contribution in [1.82, 2.24) is 25.2 Å². The van der Waals surface area contributed by atoms with Crippen molar-refractivity contribution in [1.29, 1.82) is 0 Å². The highest BCUT2D eigenvalue weighted by molar-refractivity contribution is 7.13. The Bertz CT molecular complexity index is 837. The summed E-state index contributed by atoms with van der Waals surface area (Å²) in [6.07, 6.45) is 0. The van der Waals surface area contributed by atoms with Crippen LogP contribution in [-0.2, 0) is 7.05 Å². The summed E-state index contributed by atoms with van der Waals surface area (Å²) in [7, 11) is 1.77. The van der Waals surface area contributed by atoms with Crippen molar-refractivity contribution >= 4 is 22.9 Å². The smallest absolute Gasteiger partial charge is 0.267 e. The van der Waals surface area contributed by atoms with Gasteiger partial charge in [-0.3, -0.25) is 4.79 Å². The number of tetrazole rings is 1. The average Bonchev–Trinajstić information content (AvgIpc) is 3.04. The molecule has 0 aliphatic rings. The van der Waals surface area contributed by atoms with Gasteiger partial charge in [-0.1, -0.05) is 12.1 Å². The fourth-order valence-corrected chi connectivity index (χ4v) is 2.95. The number of rotatable bonds is 3. The molecular formula is C14H14N6OS. The second-order valence-electron chi connectivity index (χ2n) is 4.81. The Morgan fingerprint density at radius 1 is 1.32 bits per heavy atom. The van der Waals surface area contributed by atoms with E-state index in [1.54, 1.807) is 11.7 Å². The average molecular weight is 314 g/mol. The van der Waals surface area contributed by atoms with E-state index in [9.17, 15) is 4.79 Å². The van der Waals surface area contributed by atoms with Crippen LogP contribution >= 0.6 is 11.3 Å². The van der Waals surface area contributed by atoms with Gasteiger partial charge in [0.25, 0.3) is 5.91 Å². The van der Waals surface area contributed by atoms with Crippen LogP contribution in [0.3, 0.4) is 0 Å². The number of benzene rings is 1. The van der Waals surface area contributed by atoms with Crippen LogP contribution in [-0.4, -0.2) is 31.1 Å². The third kappa shape index (κ3) is 2.73. The number of aryl methyl sites for hydroxylation is 3. The summed E-state index contributed by atoms with van der Waals surface area (Å²) in [6, 6.07) is 7.41. The number of anilines is 1. The Balaban J connectivity index is 1.86. The number of amides is 1. The van der Waals surface area contributed by atoms with Crippen molar-refractivity contribution in [3.05, 3.63) is 39.8 Å². The standard InChI is InChI=1S/C14H14N6OS/c1-8-12(22-9(2)15-8)14(21)16-11-6-4-5-10(7-11)13-17-18-19-20(13)3/h4-7H,1-3H3,(H,16,21). The fourth-order valence-electron chi connectivity index (χ4n) is 2.14. The summed E-state index contributed by atoms with van der Waals surface area (Å²) in [5, 5.41) is 15.2. The molecule has 0 bridgehead atoms. The van der Waals surface area contributed by atoms with Gasteiger partial charge in [0.05, 0.1) is 10.7 Å². The predicted molar refractivity (Wildman–Crippen MR) is 83.8 cm³/mol. The molecule has 0 spiro atoms. The highest BCUT2D eigenvalue weighted by Gasteiger charge is 2.14. The Hall–Kier alpha value is -2.61. The van der Waals surface area contributed by atoms with E-state index in [2.05, 4.69) is 25.8 Å². The minimum absolute atomic E-state index is 0.156. The maximum absolute atomic E-state index is 12.3. The Labute approximate surface area is 131 Å². The summed E-state index contributed by atoms with van der Waals surface area (Å²) in [5.74, 6) is 0.484. The summed E-state index contributed by atoms with van der Waals surface area (Å²) in [4.78, 5) is 17.2. The van der Waals surface area contributed by atoms with Gasteiger partial charge in [-0.25, -0.2) is 9.67 Å². The zero-order valence-corrected chi connectivity index (χ0v) is 13.2. The van der Waals surface area contributed by atoms with E-state index in [4.69, 9.17) is 0 Å². The highest BCUT2D eigenvalue weighted by Crippen LogP contribution is 2.22. The van der Waals surface area contributed by atoms with Crippen LogP contribution in [0.15, 0.2) is 24.3 Å². The molecule has 3 rings (SSSR count). The van der Waals surface area contributed by atoms with Crippen molar-refractivity contribution in [3.8, 4) is 11.4 Å². The summed E-state index contributed by atoms with van der Waals surface area (Å²) in [6.45, 7) is 3.72. The third-order valence-corrected chi connectivity index (χ3v) is 4.18. The largest absolute Gasteiger partial charge is 0.321 e. The number of carbonyl (C=O) groups excluding carboxylic acids is 1. The Morgan fingerprint density at radius 3 is 2.77 bits per heavy atom. The zero-order valence-electron chi connectivity index (χ0n) is 12.4. The quantitative estimate of drug-likeness (QED) is 0.801. The first kappa shape index (κ1) is 14.3. The van der Waals surface area contributed by atoms with E-state index in [0.29, 0.717) is 16.4 Å². The van der Waals surface area contributed by atoms with Crippen molar-refractivity contribution in [2.24, 2.45) is 7.05 Å². The van der Waals surface area contributed by atoms with Gasteiger partial charge in [-0.05, 0) is 36.4 Å². The number of nitrogens with zero attached hydrogens (tertiary/aromatic N) is 5. The van der Waals surface area contributed by atoms with Gasteiger partial charge in [-0.15, -0.1) is 16.4 Å². The molecule has 112 valence electrons. The minimum atomic E-state index is -0.156. The van der Waals surface area contributed by atoms with Gasteiger partial charge in [0.2, 0.25) is 0 Å². The second kappa shape index (κ2) is 5.64. The molecule has 22 heavy (non-hydrogen) atoms. The molecule has 0 radical (unpaired) electrons. The van der Waals surface area contributed by atoms with E-state index < -0.39 is 0 Å². The number of aromatic nitrogens is 5. The molecule has 0 aliphatic heterocycles. The number of hydrogen-bond acceptors (Lipinski definition) is 6. The summed E-state index contributed by atoms with van der Waals surface area (Å²) < 4.78 is 1.58. The van der Waals surface area contributed by atoms with Gasteiger partial charge in [0, 0.05) is 18.3 Å². The predicted octanol–water partition coefficient (Wildman–Crippen LogP) is 2.20. The number of nitrogens with one attached hydrogen (secondary N) is 1. The molecular weight excluding hydrogens is 300 g/mol. The zero-order chi connectivity index (χ0) is 15.7. The Kier molecular flexibility index (Phi) is 3.68. The minimum Gasteiger partial charge on any atom is -0.321 e. The van der Waals surface area contributed by atoms with Crippen LogP contribution < -0.4 is 5.32 Å². The molecule has 1 amide bonds. The lowest BCUT2D eigenvalue weighted by molar-refractivity contribution is 0.103. The van der Waals surface area contributed by atoms with E-state index in [0.717, 1.165) is 16.3 Å². The fraction of sp³-hybridized carbons (Fsp3) is 0.214. The molecule has 1 N–H and O–H groups in total. The molecule has 7 nitrogen and oxygen atoms in total. The van der Waals surface area contributed by atoms with E-state index in [1.165, 1.54) is 11.3 Å². The van der Waals surface area contributed by atoms with Crippen molar-refractivity contribution in [3.63, 3.8) is 0 Å². The molecule has 0 fully saturated rings. The first-order valence-corrected chi connectivity index (χ1v) is 7.44. The van der Waals surface area contributed by atoms with E-state index >= 15 is 0 Å². The summed E-state index contributed by atoms with van der Waals surface area (Å²) >= 11 is 1.39. The van der Waals surface area contributed by atoms with Crippen molar-refractivity contribution in [2.75, 3.05) is 5.32 Å². The molecule has 8 heteroatoms. The molecule has 0 saturated heterocycles. The monoisotopic (exact) mass is 314 g/mol.